The SMILES string of the molecule is CC(C)(C)NC(=O)C(c1ccc(C(F)(F)F)cc1)n1c(=O)c(-c2ccccc2)nc2ccccc21. The van der Waals surface area contributed by atoms with Gasteiger partial charge >= 0.3 is 6.18 Å². The Morgan fingerprint density at radius 2 is 1.49 bits per heavy atom. The van der Waals surface area contributed by atoms with Gasteiger partial charge in [0.05, 0.1) is 16.6 Å². The topological polar surface area (TPSA) is 64.0 Å². The molecule has 0 saturated carbocycles. The first-order valence-corrected chi connectivity index (χ1v) is 11.0. The summed E-state index contributed by atoms with van der Waals surface area (Å²) in [6.07, 6.45) is -4.53. The van der Waals surface area contributed by atoms with Crippen LogP contribution in [0.1, 0.15) is 37.9 Å². The zero-order valence-electron chi connectivity index (χ0n) is 19.4. The molecule has 1 aromatic heterocycles. The van der Waals surface area contributed by atoms with E-state index in [4.69, 9.17) is 0 Å². The lowest BCUT2D eigenvalue weighted by atomic mass is 10.0. The molecule has 0 spiro atoms. The van der Waals surface area contributed by atoms with Gasteiger partial charge in [0.1, 0.15) is 11.7 Å². The molecule has 0 aliphatic carbocycles. The van der Waals surface area contributed by atoms with E-state index in [0.29, 0.717) is 16.6 Å². The van der Waals surface area contributed by atoms with E-state index in [1.54, 1.807) is 69.3 Å². The zero-order chi connectivity index (χ0) is 25.4. The van der Waals surface area contributed by atoms with E-state index < -0.39 is 34.8 Å². The number of nitrogens with one attached hydrogen (secondary N) is 1. The summed E-state index contributed by atoms with van der Waals surface area (Å²) in [6.45, 7) is 5.37. The summed E-state index contributed by atoms with van der Waals surface area (Å²) in [4.78, 5) is 32.0. The number of benzene rings is 3. The number of hydrogen-bond donors (Lipinski definition) is 1. The van der Waals surface area contributed by atoms with E-state index >= 15 is 0 Å². The molecule has 1 heterocycles. The third-order valence-electron chi connectivity index (χ3n) is 5.40. The summed E-state index contributed by atoms with van der Waals surface area (Å²) < 4.78 is 40.9. The molecule has 3 aromatic carbocycles. The number of halogens is 3. The molecule has 1 N–H and O–H groups in total. The van der Waals surface area contributed by atoms with Crippen LogP contribution in [0.25, 0.3) is 22.3 Å². The zero-order valence-corrected chi connectivity index (χ0v) is 19.4. The number of carbonyl (C=O) groups excluding carboxylic acids is 1. The van der Waals surface area contributed by atoms with Crippen molar-refractivity contribution in [2.24, 2.45) is 0 Å². The molecule has 4 rings (SSSR count). The molecule has 0 radical (unpaired) electrons. The quantitative estimate of drug-likeness (QED) is 0.415. The van der Waals surface area contributed by atoms with E-state index in [-0.39, 0.29) is 11.3 Å². The first-order chi connectivity index (χ1) is 16.5. The summed E-state index contributed by atoms with van der Waals surface area (Å²) in [5.74, 6) is -0.519. The third-order valence-corrected chi connectivity index (χ3v) is 5.40. The maximum Gasteiger partial charge on any atom is 0.416 e. The van der Waals surface area contributed by atoms with Crippen molar-refractivity contribution in [2.75, 3.05) is 0 Å². The van der Waals surface area contributed by atoms with Crippen molar-refractivity contribution >= 4 is 16.9 Å². The third kappa shape index (κ3) is 5.11. The minimum Gasteiger partial charge on any atom is -0.349 e. The molecule has 35 heavy (non-hydrogen) atoms. The Labute approximate surface area is 200 Å². The molecular weight excluding hydrogens is 455 g/mol. The van der Waals surface area contributed by atoms with E-state index in [1.807, 2.05) is 6.07 Å². The Kier molecular flexibility index (Phi) is 6.23. The van der Waals surface area contributed by atoms with Gasteiger partial charge in [0.25, 0.3) is 5.56 Å². The van der Waals surface area contributed by atoms with Gasteiger partial charge in [-0.15, -0.1) is 0 Å². The molecule has 8 heteroatoms. The maximum absolute atomic E-state index is 13.8. The Morgan fingerprint density at radius 1 is 0.886 bits per heavy atom. The van der Waals surface area contributed by atoms with E-state index in [1.165, 1.54) is 16.7 Å². The summed E-state index contributed by atoms with van der Waals surface area (Å²) in [5.41, 5.74) is -0.174. The predicted molar refractivity (Wildman–Crippen MR) is 129 cm³/mol. The Morgan fingerprint density at radius 3 is 2.09 bits per heavy atom. The lowest BCUT2D eigenvalue weighted by Crippen LogP contribution is -2.46. The van der Waals surface area contributed by atoms with Gasteiger partial charge in [0.2, 0.25) is 5.91 Å². The van der Waals surface area contributed by atoms with Crippen LogP contribution in [0, 0.1) is 0 Å². The van der Waals surface area contributed by atoms with Crippen molar-refractivity contribution in [1.29, 1.82) is 0 Å². The average Bonchev–Trinajstić information content (AvgIpc) is 2.79. The number of aromatic nitrogens is 2. The van der Waals surface area contributed by atoms with E-state index in [0.717, 1.165) is 12.1 Å². The van der Waals surface area contributed by atoms with Gasteiger partial charge < -0.3 is 5.32 Å². The normalized spacial score (nSPS) is 13.0. The minimum atomic E-state index is -4.53. The van der Waals surface area contributed by atoms with Crippen molar-refractivity contribution in [2.45, 2.75) is 38.5 Å². The number of nitrogens with zero attached hydrogens (tertiary/aromatic N) is 2. The molecule has 5 nitrogen and oxygen atoms in total. The Balaban J connectivity index is 2.01. The van der Waals surface area contributed by atoms with Crippen molar-refractivity contribution in [3.05, 3.63) is 100 Å². The van der Waals surface area contributed by atoms with Gasteiger partial charge in [-0.2, -0.15) is 13.2 Å². The number of rotatable bonds is 4. The first-order valence-electron chi connectivity index (χ1n) is 11.0. The molecule has 0 bridgehead atoms. The van der Waals surface area contributed by atoms with E-state index in [9.17, 15) is 22.8 Å². The molecule has 4 aromatic rings. The van der Waals surface area contributed by atoms with Crippen LogP contribution in [-0.4, -0.2) is 21.0 Å². The van der Waals surface area contributed by atoms with Gasteiger partial charge in [-0.25, -0.2) is 4.98 Å². The predicted octanol–water partition coefficient (Wildman–Crippen LogP) is 5.59. The smallest absolute Gasteiger partial charge is 0.349 e. The van der Waals surface area contributed by atoms with Crippen LogP contribution in [0.2, 0.25) is 0 Å². The number of carbonyl (C=O) groups is 1. The summed E-state index contributed by atoms with van der Waals surface area (Å²) in [6, 6.07) is 18.8. The van der Waals surface area contributed by atoms with Crippen LogP contribution < -0.4 is 10.9 Å². The Hall–Kier alpha value is -3.94. The van der Waals surface area contributed by atoms with Crippen LogP contribution in [0.5, 0.6) is 0 Å². The molecule has 1 atom stereocenters. The minimum absolute atomic E-state index is 0.143. The van der Waals surface area contributed by atoms with Crippen molar-refractivity contribution in [3.63, 3.8) is 0 Å². The highest BCUT2D eigenvalue weighted by molar-refractivity contribution is 5.87. The fourth-order valence-corrected chi connectivity index (χ4v) is 3.90. The van der Waals surface area contributed by atoms with Crippen molar-refractivity contribution in [3.8, 4) is 11.3 Å². The number of para-hydroxylation sites is 2. The molecular formula is C27H24F3N3O2. The monoisotopic (exact) mass is 479 g/mol. The van der Waals surface area contributed by atoms with Gasteiger partial charge in [-0.3, -0.25) is 14.2 Å². The molecule has 1 unspecified atom stereocenters. The lowest BCUT2D eigenvalue weighted by Gasteiger charge is -2.27. The van der Waals surface area contributed by atoms with Crippen LogP contribution in [-0.2, 0) is 11.0 Å². The molecule has 0 aliphatic heterocycles. The molecule has 180 valence electrons. The number of fused-ring (bicyclic) bond motifs is 1. The van der Waals surface area contributed by atoms with Crippen molar-refractivity contribution in [1.82, 2.24) is 14.9 Å². The highest BCUT2D eigenvalue weighted by Crippen LogP contribution is 2.31. The fraction of sp³-hybridized carbons (Fsp3) is 0.222. The summed E-state index contributed by atoms with van der Waals surface area (Å²) in [7, 11) is 0. The molecule has 0 fully saturated rings. The number of alkyl halides is 3. The first kappa shape index (κ1) is 24.2. The summed E-state index contributed by atoms with van der Waals surface area (Å²) >= 11 is 0. The fourth-order valence-electron chi connectivity index (χ4n) is 3.90. The molecule has 0 aliphatic rings. The number of hydrogen-bond acceptors (Lipinski definition) is 3. The van der Waals surface area contributed by atoms with E-state index in [2.05, 4.69) is 10.3 Å². The standard InChI is InChI=1S/C27H24F3N3O2/c1-26(2,3)32-24(34)23(18-13-15-19(16-14-18)27(28,29)30)33-21-12-8-7-11-20(21)31-22(25(33)35)17-9-5-4-6-10-17/h4-16,23H,1-3H3,(H,32,34). The van der Waals surface area contributed by atoms with Gasteiger partial charge in [-0.1, -0.05) is 54.6 Å². The lowest BCUT2D eigenvalue weighted by molar-refractivity contribution is -0.137. The van der Waals surface area contributed by atoms with Gasteiger partial charge in [0.15, 0.2) is 0 Å². The largest absolute Gasteiger partial charge is 0.416 e. The second-order valence-electron chi connectivity index (χ2n) is 9.25. The van der Waals surface area contributed by atoms with Crippen LogP contribution >= 0.6 is 0 Å². The molecule has 1 amide bonds. The summed E-state index contributed by atoms with van der Waals surface area (Å²) in [5, 5.41) is 2.87. The van der Waals surface area contributed by atoms with Gasteiger partial charge in [-0.05, 0) is 50.6 Å². The second-order valence-corrected chi connectivity index (χ2v) is 9.25. The number of amides is 1. The molecule has 0 saturated heterocycles. The Bertz CT molecular complexity index is 1420. The second kappa shape index (κ2) is 9.02. The maximum atomic E-state index is 13.8. The average molecular weight is 480 g/mol. The van der Waals surface area contributed by atoms with Crippen LogP contribution in [0.4, 0.5) is 13.2 Å². The highest BCUT2D eigenvalue weighted by atomic mass is 19.4. The highest BCUT2D eigenvalue weighted by Gasteiger charge is 2.33. The van der Waals surface area contributed by atoms with Crippen LogP contribution in [0.15, 0.2) is 83.7 Å². The van der Waals surface area contributed by atoms with Gasteiger partial charge in [0, 0.05) is 11.1 Å². The van der Waals surface area contributed by atoms with Crippen molar-refractivity contribution < 1.29 is 18.0 Å². The van der Waals surface area contributed by atoms with Crippen LogP contribution in [0.3, 0.4) is 0 Å².